The number of aliphatic hydroxyl groups is 1. The fourth-order valence-electron chi connectivity index (χ4n) is 3.06. The van der Waals surface area contributed by atoms with Crippen molar-refractivity contribution in [2.24, 2.45) is 5.92 Å². The standard InChI is InChI=1S/C15H17N5O2S/c1-9-4-11(18-17-9)5-10-6-20(8-13(10)21)14(22)12-7-19-2-3-23-15(19)16-12/h2-4,7,10,13,21H,5-6,8H2,1H3,(H,17,18)/t10-,13+/m1/s1. The Labute approximate surface area is 136 Å². The first-order valence-corrected chi connectivity index (χ1v) is 8.38. The molecule has 0 unspecified atom stereocenters. The Bertz CT molecular complexity index is 822. The zero-order valence-electron chi connectivity index (χ0n) is 12.6. The average Bonchev–Trinajstić information content (AvgIpc) is 3.24. The number of hydrogen-bond donors (Lipinski definition) is 2. The van der Waals surface area contributed by atoms with E-state index in [-0.39, 0.29) is 11.8 Å². The highest BCUT2D eigenvalue weighted by Crippen LogP contribution is 2.23. The molecule has 4 rings (SSSR count). The van der Waals surface area contributed by atoms with Crippen LogP contribution in [-0.2, 0) is 6.42 Å². The van der Waals surface area contributed by atoms with Gasteiger partial charge in [-0.25, -0.2) is 4.98 Å². The van der Waals surface area contributed by atoms with E-state index in [1.165, 1.54) is 11.3 Å². The lowest BCUT2D eigenvalue weighted by molar-refractivity contribution is 0.0759. The van der Waals surface area contributed by atoms with Gasteiger partial charge in [0.1, 0.15) is 5.69 Å². The Morgan fingerprint density at radius 3 is 3.13 bits per heavy atom. The lowest BCUT2D eigenvalue weighted by Gasteiger charge is -2.14. The van der Waals surface area contributed by atoms with Crippen LogP contribution in [0.25, 0.3) is 4.96 Å². The molecule has 2 N–H and O–H groups in total. The summed E-state index contributed by atoms with van der Waals surface area (Å²) in [4.78, 5) is 19.4. The topological polar surface area (TPSA) is 86.5 Å². The van der Waals surface area contributed by atoms with Crippen molar-refractivity contribution >= 4 is 22.2 Å². The lowest BCUT2D eigenvalue weighted by atomic mass is 10.0. The summed E-state index contributed by atoms with van der Waals surface area (Å²) < 4.78 is 1.84. The molecule has 3 aromatic heterocycles. The number of likely N-dealkylation sites (tertiary alicyclic amines) is 1. The Morgan fingerprint density at radius 2 is 2.39 bits per heavy atom. The monoisotopic (exact) mass is 331 g/mol. The summed E-state index contributed by atoms with van der Waals surface area (Å²) in [6.45, 7) is 2.82. The lowest BCUT2D eigenvalue weighted by Crippen LogP contribution is -2.29. The molecule has 4 heterocycles. The largest absolute Gasteiger partial charge is 0.391 e. The number of fused-ring (bicyclic) bond motifs is 1. The molecule has 8 heteroatoms. The first-order valence-electron chi connectivity index (χ1n) is 7.50. The van der Waals surface area contributed by atoms with Gasteiger partial charge in [-0.3, -0.25) is 14.3 Å². The van der Waals surface area contributed by atoms with Crippen molar-refractivity contribution in [3.63, 3.8) is 0 Å². The van der Waals surface area contributed by atoms with Crippen LogP contribution in [-0.4, -0.2) is 54.7 Å². The van der Waals surface area contributed by atoms with E-state index in [4.69, 9.17) is 0 Å². The third kappa shape index (κ3) is 2.64. The van der Waals surface area contributed by atoms with Crippen LogP contribution in [0.3, 0.4) is 0 Å². The maximum absolute atomic E-state index is 12.6. The molecule has 0 aromatic carbocycles. The number of aromatic nitrogens is 4. The number of carbonyl (C=O) groups excluding carboxylic acids is 1. The summed E-state index contributed by atoms with van der Waals surface area (Å²) in [5.41, 5.74) is 2.35. The molecule has 1 fully saturated rings. The highest BCUT2D eigenvalue weighted by molar-refractivity contribution is 7.15. The van der Waals surface area contributed by atoms with Gasteiger partial charge in [0.05, 0.1) is 11.8 Å². The fraction of sp³-hybridized carbons (Fsp3) is 0.400. The zero-order valence-corrected chi connectivity index (χ0v) is 13.5. The van der Waals surface area contributed by atoms with Gasteiger partial charge in [0.15, 0.2) is 4.96 Å². The number of H-pyrrole nitrogens is 1. The van der Waals surface area contributed by atoms with Crippen LogP contribution >= 0.6 is 11.3 Å². The van der Waals surface area contributed by atoms with Gasteiger partial charge >= 0.3 is 0 Å². The summed E-state index contributed by atoms with van der Waals surface area (Å²) in [5.74, 6) is -0.119. The molecule has 1 amide bonds. The quantitative estimate of drug-likeness (QED) is 0.752. The predicted molar refractivity (Wildman–Crippen MR) is 85.5 cm³/mol. The molecular weight excluding hydrogens is 314 g/mol. The molecule has 120 valence electrons. The second-order valence-electron chi connectivity index (χ2n) is 6.00. The molecule has 7 nitrogen and oxygen atoms in total. The number of aryl methyl sites for hydroxylation is 1. The zero-order chi connectivity index (χ0) is 16.0. The highest BCUT2D eigenvalue weighted by atomic mass is 32.1. The van der Waals surface area contributed by atoms with Crippen molar-refractivity contribution in [1.82, 2.24) is 24.5 Å². The maximum Gasteiger partial charge on any atom is 0.274 e. The third-order valence-electron chi connectivity index (χ3n) is 4.24. The molecule has 23 heavy (non-hydrogen) atoms. The number of β-amino-alcohol motifs (C(OH)–C–C–N with tert-alkyl or cyclic N) is 1. The van der Waals surface area contributed by atoms with E-state index in [9.17, 15) is 9.90 Å². The maximum atomic E-state index is 12.6. The van der Waals surface area contributed by atoms with Crippen LogP contribution in [0.5, 0.6) is 0 Å². The Kier molecular flexibility index (Phi) is 3.42. The number of aromatic amines is 1. The predicted octanol–water partition coefficient (Wildman–Crippen LogP) is 1.10. The molecule has 0 radical (unpaired) electrons. The van der Waals surface area contributed by atoms with Crippen molar-refractivity contribution in [3.05, 3.63) is 40.9 Å². The van der Waals surface area contributed by atoms with Crippen molar-refractivity contribution in [2.45, 2.75) is 19.4 Å². The Hall–Kier alpha value is -2.19. The van der Waals surface area contributed by atoms with Gasteiger partial charge in [-0.1, -0.05) is 0 Å². The number of hydrogen-bond acceptors (Lipinski definition) is 5. The van der Waals surface area contributed by atoms with Gasteiger partial charge in [-0.15, -0.1) is 11.3 Å². The van der Waals surface area contributed by atoms with Crippen molar-refractivity contribution in [2.75, 3.05) is 13.1 Å². The molecule has 2 atom stereocenters. The Balaban J connectivity index is 1.47. The van der Waals surface area contributed by atoms with Gasteiger partial charge in [-0.05, 0) is 19.4 Å². The molecule has 1 aliphatic rings. The highest BCUT2D eigenvalue weighted by Gasteiger charge is 2.35. The number of nitrogens with zero attached hydrogens (tertiary/aromatic N) is 4. The third-order valence-corrected chi connectivity index (χ3v) is 5.01. The smallest absolute Gasteiger partial charge is 0.274 e. The molecule has 3 aromatic rings. The minimum Gasteiger partial charge on any atom is -0.391 e. The second kappa shape index (κ2) is 5.47. The summed E-state index contributed by atoms with van der Waals surface area (Å²) in [6.07, 6.45) is 3.75. The first kappa shape index (κ1) is 14.4. The van der Waals surface area contributed by atoms with Crippen LogP contribution in [0.1, 0.15) is 21.9 Å². The number of aliphatic hydroxyl groups excluding tert-OH is 1. The molecule has 0 spiro atoms. The first-order chi connectivity index (χ1) is 11.1. The van der Waals surface area contributed by atoms with Gasteiger partial charge < -0.3 is 10.0 Å². The Morgan fingerprint density at radius 1 is 1.52 bits per heavy atom. The average molecular weight is 331 g/mol. The summed E-state index contributed by atoms with van der Waals surface area (Å²) >= 11 is 1.49. The molecule has 1 saturated heterocycles. The molecule has 0 bridgehead atoms. The number of thiazole rings is 1. The fourth-order valence-corrected chi connectivity index (χ4v) is 3.76. The normalized spacial score (nSPS) is 21.4. The number of amides is 1. The van der Waals surface area contributed by atoms with Gasteiger partial charge in [0.25, 0.3) is 5.91 Å². The number of rotatable bonds is 3. The van der Waals surface area contributed by atoms with Crippen LogP contribution < -0.4 is 0 Å². The molecule has 1 aliphatic heterocycles. The number of nitrogens with one attached hydrogen (secondary N) is 1. The van der Waals surface area contributed by atoms with E-state index in [1.807, 2.05) is 29.0 Å². The van der Waals surface area contributed by atoms with Crippen molar-refractivity contribution in [3.8, 4) is 0 Å². The van der Waals surface area contributed by atoms with Gasteiger partial charge in [0.2, 0.25) is 0 Å². The molecule has 0 saturated carbocycles. The SMILES string of the molecule is Cc1cc(C[C@@H]2CN(C(=O)c3cn4ccsc4n3)C[C@@H]2O)n[nH]1. The summed E-state index contributed by atoms with van der Waals surface area (Å²) in [5, 5.41) is 19.3. The number of carbonyl (C=O) groups is 1. The minimum atomic E-state index is -0.528. The van der Waals surface area contributed by atoms with E-state index in [0.717, 1.165) is 16.3 Å². The molecular formula is C15H17N5O2S. The van der Waals surface area contributed by atoms with E-state index in [0.29, 0.717) is 25.2 Å². The van der Waals surface area contributed by atoms with E-state index >= 15 is 0 Å². The van der Waals surface area contributed by atoms with E-state index in [1.54, 1.807) is 11.1 Å². The van der Waals surface area contributed by atoms with Crippen LogP contribution in [0, 0.1) is 12.8 Å². The van der Waals surface area contributed by atoms with Crippen molar-refractivity contribution < 1.29 is 9.90 Å². The molecule has 0 aliphatic carbocycles. The minimum absolute atomic E-state index is 0.00498. The van der Waals surface area contributed by atoms with Crippen molar-refractivity contribution in [1.29, 1.82) is 0 Å². The van der Waals surface area contributed by atoms with Crippen LogP contribution in [0.15, 0.2) is 23.8 Å². The van der Waals surface area contributed by atoms with Crippen LogP contribution in [0.2, 0.25) is 0 Å². The van der Waals surface area contributed by atoms with E-state index < -0.39 is 6.10 Å². The number of imidazole rings is 1. The van der Waals surface area contributed by atoms with Gasteiger partial charge in [0, 0.05) is 42.5 Å². The summed E-state index contributed by atoms with van der Waals surface area (Å²) in [7, 11) is 0. The van der Waals surface area contributed by atoms with Crippen LogP contribution in [0.4, 0.5) is 0 Å². The van der Waals surface area contributed by atoms with E-state index in [2.05, 4.69) is 15.2 Å². The second-order valence-corrected chi connectivity index (χ2v) is 6.88. The van der Waals surface area contributed by atoms with Gasteiger partial charge in [-0.2, -0.15) is 5.10 Å². The summed E-state index contributed by atoms with van der Waals surface area (Å²) in [6, 6.07) is 1.97.